The molecule has 27 heavy (non-hydrogen) atoms. The van der Waals surface area contributed by atoms with Crippen molar-refractivity contribution in [2.75, 3.05) is 6.54 Å². The molecule has 0 spiro atoms. The van der Waals surface area contributed by atoms with Gasteiger partial charge in [0.2, 0.25) is 5.91 Å². The van der Waals surface area contributed by atoms with Gasteiger partial charge >= 0.3 is 5.69 Å². The minimum absolute atomic E-state index is 0.141. The van der Waals surface area contributed by atoms with E-state index in [1.165, 1.54) is 15.9 Å². The summed E-state index contributed by atoms with van der Waals surface area (Å²) < 4.78 is 2.85. The summed E-state index contributed by atoms with van der Waals surface area (Å²) >= 11 is 7.15. The molecule has 0 aliphatic heterocycles. The van der Waals surface area contributed by atoms with Gasteiger partial charge in [-0.2, -0.15) is 0 Å². The number of fused-ring (bicyclic) bond motifs is 1. The maximum absolute atomic E-state index is 13.0. The average Bonchev–Trinajstić information content (AvgIpc) is 3.10. The first-order valence-corrected chi connectivity index (χ1v) is 9.90. The number of hydrogen-bond donors (Lipinski definition) is 1. The van der Waals surface area contributed by atoms with Crippen LogP contribution in [-0.2, 0) is 11.3 Å². The van der Waals surface area contributed by atoms with Gasteiger partial charge in [-0.1, -0.05) is 25.4 Å². The van der Waals surface area contributed by atoms with Crippen molar-refractivity contribution in [1.82, 2.24) is 14.5 Å². The molecule has 3 rings (SSSR count). The molecule has 0 saturated carbocycles. The number of halogens is 1. The molecule has 0 aliphatic rings. The molecule has 3 aromatic rings. The molecule has 0 fully saturated rings. The number of carbonyl (C=O) groups is 1. The second-order valence-electron chi connectivity index (χ2n) is 6.65. The average molecular weight is 406 g/mol. The second kappa shape index (κ2) is 8.10. The molecule has 6 nitrogen and oxygen atoms in total. The first kappa shape index (κ1) is 19.4. The molecule has 0 radical (unpaired) electrons. The zero-order valence-electron chi connectivity index (χ0n) is 15.1. The minimum atomic E-state index is -0.549. The molecule has 2 heterocycles. The Morgan fingerprint density at radius 2 is 1.89 bits per heavy atom. The van der Waals surface area contributed by atoms with E-state index in [0.29, 0.717) is 33.4 Å². The fourth-order valence-corrected chi connectivity index (χ4v) is 3.71. The largest absolute Gasteiger partial charge is 0.355 e. The third kappa shape index (κ3) is 4.14. The quantitative estimate of drug-likeness (QED) is 0.685. The van der Waals surface area contributed by atoms with E-state index in [4.69, 9.17) is 11.6 Å². The second-order valence-corrected chi connectivity index (χ2v) is 8.01. The summed E-state index contributed by atoms with van der Waals surface area (Å²) in [5.74, 6) is 0.218. The zero-order chi connectivity index (χ0) is 19.6. The van der Waals surface area contributed by atoms with Crippen LogP contribution in [0.25, 0.3) is 15.9 Å². The number of nitrogens with one attached hydrogen (secondary N) is 1. The molecule has 142 valence electrons. The summed E-state index contributed by atoms with van der Waals surface area (Å²) in [7, 11) is 0. The third-order valence-electron chi connectivity index (χ3n) is 4.19. The normalized spacial score (nSPS) is 11.3. The van der Waals surface area contributed by atoms with Gasteiger partial charge in [0, 0.05) is 11.6 Å². The van der Waals surface area contributed by atoms with Crippen molar-refractivity contribution in [2.45, 2.75) is 26.8 Å². The summed E-state index contributed by atoms with van der Waals surface area (Å²) in [4.78, 5) is 38.1. The lowest BCUT2D eigenvalue weighted by atomic mass is 10.1. The number of thiophene rings is 1. The van der Waals surface area contributed by atoms with Crippen LogP contribution in [0, 0.1) is 5.92 Å². The van der Waals surface area contributed by atoms with E-state index in [1.54, 1.807) is 35.7 Å². The maximum Gasteiger partial charge on any atom is 0.336 e. The van der Waals surface area contributed by atoms with Crippen LogP contribution in [0.4, 0.5) is 0 Å². The van der Waals surface area contributed by atoms with E-state index in [-0.39, 0.29) is 12.5 Å². The Kier molecular flexibility index (Phi) is 5.82. The fraction of sp³-hybridized carbons (Fsp3) is 0.316. The molecule has 1 aromatic carbocycles. The number of nitrogens with zero attached hydrogens (tertiary/aromatic N) is 2. The number of hydrogen-bond acceptors (Lipinski definition) is 4. The highest BCUT2D eigenvalue weighted by Gasteiger charge is 2.17. The van der Waals surface area contributed by atoms with Crippen molar-refractivity contribution in [2.24, 2.45) is 5.92 Å². The van der Waals surface area contributed by atoms with Crippen LogP contribution in [0.5, 0.6) is 0 Å². The van der Waals surface area contributed by atoms with Crippen LogP contribution < -0.4 is 16.6 Å². The number of carbonyl (C=O) groups excluding carboxylic acids is 1. The lowest BCUT2D eigenvalue weighted by molar-refractivity contribution is -0.121. The Morgan fingerprint density at radius 3 is 2.56 bits per heavy atom. The van der Waals surface area contributed by atoms with Gasteiger partial charge in [0.05, 0.1) is 11.2 Å². The van der Waals surface area contributed by atoms with Gasteiger partial charge in [-0.15, -0.1) is 11.3 Å². The molecular formula is C19H20ClN3O3S. The standard InChI is InChI=1S/C19H20ClN3O3S/c1-12(2)7-9-21-16(24)11-22-15-8-10-27-17(15)18(25)23(19(22)26)14-5-3-13(20)4-6-14/h3-6,8,10,12H,7,9,11H2,1-2H3,(H,21,24). The number of aromatic nitrogens is 2. The molecule has 0 unspecified atom stereocenters. The van der Waals surface area contributed by atoms with E-state index >= 15 is 0 Å². The Labute approximate surface area is 165 Å². The predicted molar refractivity (Wildman–Crippen MR) is 109 cm³/mol. The molecule has 0 atom stereocenters. The Balaban J connectivity index is 2.04. The summed E-state index contributed by atoms with van der Waals surface area (Å²) in [5.41, 5.74) is -0.0612. The molecule has 0 saturated heterocycles. The molecule has 8 heteroatoms. The summed E-state index contributed by atoms with van der Waals surface area (Å²) in [6.07, 6.45) is 0.860. The van der Waals surface area contributed by atoms with Crippen LogP contribution >= 0.6 is 22.9 Å². The van der Waals surface area contributed by atoms with Crippen LogP contribution in [0.1, 0.15) is 20.3 Å². The summed E-state index contributed by atoms with van der Waals surface area (Å²) in [5, 5.41) is 5.08. The summed E-state index contributed by atoms with van der Waals surface area (Å²) in [6.45, 7) is 4.56. The van der Waals surface area contributed by atoms with Crippen molar-refractivity contribution in [1.29, 1.82) is 0 Å². The van der Waals surface area contributed by atoms with Crippen molar-refractivity contribution >= 4 is 39.1 Å². The highest BCUT2D eigenvalue weighted by Crippen LogP contribution is 2.17. The van der Waals surface area contributed by atoms with Crippen molar-refractivity contribution < 1.29 is 4.79 Å². The SMILES string of the molecule is CC(C)CCNC(=O)Cn1c(=O)n(-c2ccc(Cl)cc2)c(=O)c2sccc21. The number of rotatable bonds is 6. The first-order valence-electron chi connectivity index (χ1n) is 8.64. The smallest absolute Gasteiger partial charge is 0.336 e. The maximum atomic E-state index is 13.0. The highest BCUT2D eigenvalue weighted by atomic mass is 35.5. The van der Waals surface area contributed by atoms with E-state index in [0.717, 1.165) is 11.0 Å². The Hall–Kier alpha value is -2.38. The lowest BCUT2D eigenvalue weighted by Crippen LogP contribution is -2.41. The minimum Gasteiger partial charge on any atom is -0.355 e. The fourth-order valence-electron chi connectivity index (χ4n) is 2.76. The summed E-state index contributed by atoms with van der Waals surface area (Å²) in [6, 6.07) is 8.14. The van der Waals surface area contributed by atoms with Crippen LogP contribution in [-0.4, -0.2) is 21.6 Å². The van der Waals surface area contributed by atoms with Crippen molar-refractivity contribution in [3.8, 4) is 5.69 Å². The first-order chi connectivity index (χ1) is 12.9. The molecular weight excluding hydrogens is 386 g/mol. The van der Waals surface area contributed by atoms with Crippen molar-refractivity contribution in [3.63, 3.8) is 0 Å². The van der Waals surface area contributed by atoms with Gasteiger partial charge in [0.15, 0.2) is 0 Å². The molecule has 0 bridgehead atoms. The molecule has 1 amide bonds. The van der Waals surface area contributed by atoms with Gasteiger partial charge in [-0.05, 0) is 48.1 Å². The van der Waals surface area contributed by atoms with E-state index < -0.39 is 11.2 Å². The number of benzene rings is 1. The van der Waals surface area contributed by atoms with Gasteiger partial charge in [0.25, 0.3) is 5.56 Å². The Morgan fingerprint density at radius 1 is 1.19 bits per heavy atom. The van der Waals surface area contributed by atoms with E-state index in [1.807, 2.05) is 0 Å². The highest BCUT2D eigenvalue weighted by molar-refractivity contribution is 7.17. The number of amides is 1. The molecule has 1 N–H and O–H groups in total. The van der Waals surface area contributed by atoms with Crippen LogP contribution in [0.2, 0.25) is 5.02 Å². The van der Waals surface area contributed by atoms with Crippen LogP contribution in [0.15, 0.2) is 45.3 Å². The zero-order valence-corrected chi connectivity index (χ0v) is 16.6. The Bertz CT molecular complexity index is 1080. The molecule has 2 aromatic heterocycles. The van der Waals surface area contributed by atoms with E-state index in [9.17, 15) is 14.4 Å². The van der Waals surface area contributed by atoms with Gasteiger partial charge in [0.1, 0.15) is 11.2 Å². The predicted octanol–water partition coefficient (Wildman–Crippen LogP) is 3.03. The van der Waals surface area contributed by atoms with Crippen molar-refractivity contribution in [3.05, 3.63) is 61.6 Å². The monoisotopic (exact) mass is 405 g/mol. The topological polar surface area (TPSA) is 73.1 Å². The van der Waals surface area contributed by atoms with Gasteiger partial charge in [-0.3, -0.25) is 14.2 Å². The van der Waals surface area contributed by atoms with Gasteiger partial charge < -0.3 is 5.32 Å². The van der Waals surface area contributed by atoms with Gasteiger partial charge in [-0.25, -0.2) is 9.36 Å². The van der Waals surface area contributed by atoms with Crippen LogP contribution in [0.3, 0.4) is 0 Å². The lowest BCUT2D eigenvalue weighted by Gasteiger charge is -2.13. The molecule has 0 aliphatic carbocycles. The van der Waals surface area contributed by atoms with E-state index in [2.05, 4.69) is 19.2 Å². The third-order valence-corrected chi connectivity index (χ3v) is 5.33.